The second-order valence-corrected chi connectivity index (χ2v) is 16.1. The van der Waals surface area contributed by atoms with Crippen molar-refractivity contribution in [2.75, 3.05) is 26.7 Å². The Balaban J connectivity index is 1.01. The fourth-order valence-electron chi connectivity index (χ4n) is 11.4. The standard InChI is InChI=1S/C39H56N2O3/c1-26-25-39(19-17-31-32-14-13-29-23-30(42)16-18-38(29,3)34(32)24-33(26)31)27(2)37-35(44-39)11-8-20-41(37)22-21-40(4)36(43)15-12-28-9-6-5-7-10-28/h5-7,9-10,27,29,31-32,34-35,37H,8,11-25H2,1-4H3. The Morgan fingerprint density at radius 3 is 2.73 bits per heavy atom. The molecule has 2 aliphatic heterocycles. The zero-order valence-corrected chi connectivity index (χ0v) is 27.9. The average Bonchev–Trinajstić information content (AvgIpc) is 3.50. The molecule has 7 rings (SSSR count). The number of aryl methyl sites for hydroxylation is 1. The van der Waals surface area contributed by atoms with E-state index in [1.54, 1.807) is 11.1 Å². The molecule has 1 amide bonds. The third-order valence-corrected chi connectivity index (χ3v) is 14.0. The number of nitrogens with zero attached hydrogens (tertiary/aromatic N) is 2. The Morgan fingerprint density at radius 1 is 1.09 bits per heavy atom. The van der Waals surface area contributed by atoms with Crippen LogP contribution in [0.4, 0.5) is 0 Å². The largest absolute Gasteiger partial charge is 0.369 e. The monoisotopic (exact) mass is 600 g/mol. The summed E-state index contributed by atoms with van der Waals surface area (Å²) in [6.45, 7) is 10.3. The first-order chi connectivity index (χ1) is 21.2. The average molecular weight is 601 g/mol. The van der Waals surface area contributed by atoms with E-state index in [0.29, 0.717) is 41.6 Å². The zero-order valence-electron chi connectivity index (χ0n) is 27.9. The van der Waals surface area contributed by atoms with Crippen LogP contribution in [0.5, 0.6) is 0 Å². The number of amides is 1. The summed E-state index contributed by atoms with van der Waals surface area (Å²) < 4.78 is 7.25. The summed E-state index contributed by atoms with van der Waals surface area (Å²) in [6.07, 6.45) is 14.2. The predicted molar refractivity (Wildman–Crippen MR) is 175 cm³/mol. The molecule has 0 aromatic heterocycles. The minimum absolute atomic E-state index is 0.0510. The summed E-state index contributed by atoms with van der Waals surface area (Å²) >= 11 is 0. The lowest BCUT2D eigenvalue weighted by molar-refractivity contribution is -0.130. The third kappa shape index (κ3) is 5.32. The predicted octanol–water partition coefficient (Wildman–Crippen LogP) is 7.24. The van der Waals surface area contributed by atoms with Crippen LogP contribution < -0.4 is 0 Å². The van der Waals surface area contributed by atoms with Gasteiger partial charge in [-0.1, -0.05) is 55.3 Å². The van der Waals surface area contributed by atoms with E-state index in [9.17, 15) is 9.59 Å². The Kier molecular flexibility index (Phi) is 8.36. The van der Waals surface area contributed by atoms with E-state index in [1.165, 1.54) is 50.5 Å². The number of hydrogen-bond donors (Lipinski definition) is 0. The van der Waals surface area contributed by atoms with Crippen molar-refractivity contribution < 1.29 is 14.3 Å². The molecule has 2 saturated heterocycles. The molecule has 6 aliphatic rings. The number of carbonyl (C=O) groups is 2. The maximum atomic E-state index is 13.0. The highest BCUT2D eigenvalue weighted by molar-refractivity contribution is 5.79. The van der Waals surface area contributed by atoms with Crippen LogP contribution in [0.1, 0.15) is 103 Å². The Bertz CT molecular complexity index is 1280. The first-order valence-corrected chi connectivity index (χ1v) is 18.1. The van der Waals surface area contributed by atoms with Crippen molar-refractivity contribution in [1.29, 1.82) is 0 Å². The number of likely N-dealkylation sites (tertiary alicyclic amines) is 1. The van der Waals surface area contributed by atoms with Gasteiger partial charge >= 0.3 is 0 Å². The smallest absolute Gasteiger partial charge is 0.222 e. The van der Waals surface area contributed by atoms with Crippen LogP contribution in [-0.2, 0) is 20.7 Å². The van der Waals surface area contributed by atoms with Crippen molar-refractivity contribution in [1.82, 2.24) is 9.80 Å². The molecule has 0 N–H and O–H groups in total. The highest BCUT2D eigenvalue weighted by Crippen LogP contribution is 2.65. The van der Waals surface area contributed by atoms with Crippen LogP contribution in [0.15, 0.2) is 41.5 Å². The van der Waals surface area contributed by atoms with E-state index in [0.717, 1.165) is 69.5 Å². The molecule has 4 aliphatic carbocycles. The number of fused-ring (bicyclic) bond motifs is 6. The molecule has 3 saturated carbocycles. The molecule has 5 nitrogen and oxygen atoms in total. The lowest BCUT2D eigenvalue weighted by Gasteiger charge is -2.52. The van der Waals surface area contributed by atoms with Gasteiger partial charge in [-0.25, -0.2) is 0 Å². The number of rotatable bonds is 6. The Morgan fingerprint density at radius 2 is 1.91 bits per heavy atom. The summed E-state index contributed by atoms with van der Waals surface area (Å²) in [5, 5.41) is 0. The zero-order chi connectivity index (χ0) is 30.6. The number of carbonyl (C=O) groups excluding carboxylic acids is 2. The Labute approximate surface area is 266 Å². The summed E-state index contributed by atoms with van der Waals surface area (Å²) in [5.74, 6) is 4.16. The lowest BCUT2D eigenvalue weighted by atomic mass is 9.52. The topological polar surface area (TPSA) is 49.9 Å². The maximum absolute atomic E-state index is 13.0. The van der Waals surface area contributed by atoms with Gasteiger partial charge in [0.25, 0.3) is 0 Å². The molecule has 5 fully saturated rings. The van der Waals surface area contributed by atoms with Gasteiger partial charge in [-0.15, -0.1) is 0 Å². The van der Waals surface area contributed by atoms with Crippen molar-refractivity contribution in [2.45, 2.75) is 122 Å². The van der Waals surface area contributed by atoms with Gasteiger partial charge in [-0.3, -0.25) is 14.5 Å². The number of benzene rings is 1. The van der Waals surface area contributed by atoms with Crippen LogP contribution in [0.2, 0.25) is 0 Å². The fourth-order valence-corrected chi connectivity index (χ4v) is 11.4. The van der Waals surface area contributed by atoms with E-state index < -0.39 is 0 Å². The maximum Gasteiger partial charge on any atom is 0.222 e. The minimum atomic E-state index is -0.0510. The molecular weight excluding hydrogens is 544 g/mol. The van der Waals surface area contributed by atoms with Crippen LogP contribution in [0.3, 0.4) is 0 Å². The number of likely N-dealkylation sites (N-methyl/N-ethyl adjacent to an activating group) is 1. The molecule has 0 radical (unpaired) electrons. The first-order valence-electron chi connectivity index (χ1n) is 18.1. The van der Waals surface area contributed by atoms with Gasteiger partial charge in [0.2, 0.25) is 5.91 Å². The van der Waals surface area contributed by atoms with Crippen molar-refractivity contribution >= 4 is 11.7 Å². The van der Waals surface area contributed by atoms with Gasteiger partial charge in [0.05, 0.1) is 11.7 Å². The number of piperidine rings is 1. The third-order valence-electron chi connectivity index (χ3n) is 14.0. The van der Waals surface area contributed by atoms with E-state index in [4.69, 9.17) is 4.74 Å². The van der Waals surface area contributed by atoms with E-state index in [-0.39, 0.29) is 11.5 Å². The number of allylic oxidation sites excluding steroid dienone is 1. The molecule has 0 bridgehead atoms. The van der Waals surface area contributed by atoms with E-state index in [1.807, 2.05) is 18.0 Å². The molecule has 1 aromatic rings. The Hall–Kier alpha value is -1.98. The number of hydrogen-bond acceptors (Lipinski definition) is 4. The number of ether oxygens (including phenoxy) is 1. The molecule has 1 aromatic carbocycles. The summed E-state index contributed by atoms with van der Waals surface area (Å²) in [5.41, 5.74) is 4.96. The van der Waals surface area contributed by atoms with E-state index >= 15 is 0 Å². The fraction of sp³-hybridized carbons (Fsp3) is 0.744. The summed E-state index contributed by atoms with van der Waals surface area (Å²) in [6, 6.07) is 10.8. The molecule has 2 heterocycles. The molecule has 9 unspecified atom stereocenters. The normalized spacial score (nSPS) is 40.3. The highest BCUT2D eigenvalue weighted by Gasteiger charge is 2.59. The molecule has 240 valence electrons. The van der Waals surface area contributed by atoms with Crippen molar-refractivity contribution in [3.63, 3.8) is 0 Å². The van der Waals surface area contributed by atoms with E-state index in [2.05, 4.69) is 49.9 Å². The van der Waals surface area contributed by atoms with Crippen molar-refractivity contribution in [3.8, 4) is 0 Å². The van der Waals surface area contributed by atoms with Crippen molar-refractivity contribution in [3.05, 3.63) is 47.0 Å². The second kappa shape index (κ2) is 12.0. The molecule has 5 heteroatoms. The SMILES string of the molecule is CC1=C2CC3C(CCC4CC(=O)CCC43C)C2CCC2(C1)OC1CCCN(CCN(C)C(=O)CCc3ccccc3)C1C2C. The van der Waals surface area contributed by atoms with Gasteiger partial charge in [0.15, 0.2) is 0 Å². The summed E-state index contributed by atoms with van der Waals surface area (Å²) in [4.78, 5) is 30.0. The van der Waals surface area contributed by atoms with Gasteiger partial charge in [-0.05, 0) is 112 Å². The van der Waals surface area contributed by atoms with Crippen molar-refractivity contribution in [2.24, 2.45) is 35.0 Å². The van der Waals surface area contributed by atoms with Crippen LogP contribution in [0.25, 0.3) is 0 Å². The van der Waals surface area contributed by atoms with Crippen LogP contribution in [0, 0.1) is 35.0 Å². The summed E-state index contributed by atoms with van der Waals surface area (Å²) in [7, 11) is 1.98. The first kappa shape index (κ1) is 30.7. The number of Topliss-reactive ketones (excluding diaryl/α,β-unsaturated/α-hetero) is 1. The van der Waals surface area contributed by atoms with Gasteiger partial charge in [0, 0.05) is 51.4 Å². The minimum Gasteiger partial charge on any atom is -0.369 e. The molecule has 1 spiro atoms. The quantitative estimate of drug-likeness (QED) is 0.323. The number of ketones is 1. The molecule has 44 heavy (non-hydrogen) atoms. The highest BCUT2D eigenvalue weighted by atomic mass is 16.5. The second-order valence-electron chi connectivity index (χ2n) is 16.1. The van der Waals surface area contributed by atoms with Gasteiger partial charge in [0.1, 0.15) is 5.78 Å². The van der Waals surface area contributed by atoms with Crippen LogP contribution in [-0.4, -0.2) is 65.9 Å². The molecular formula is C39H56N2O3. The molecule has 9 atom stereocenters. The lowest BCUT2D eigenvalue weighted by Crippen LogP contribution is -2.51. The van der Waals surface area contributed by atoms with Crippen LogP contribution >= 0.6 is 0 Å². The van der Waals surface area contributed by atoms with Gasteiger partial charge < -0.3 is 9.64 Å². The van der Waals surface area contributed by atoms with Gasteiger partial charge in [-0.2, -0.15) is 0 Å².